The average molecular weight is 347 g/mol. The zero-order valence-corrected chi connectivity index (χ0v) is 14.9. The molecule has 0 spiro atoms. The van der Waals surface area contributed by atoms with E-state index in [1.165, 1.54) is 0 Å². The van der Waals surface area contributed by atoms with Crippen LogP contribution in [-0.4, -0.2) is 67.9 Å². The predicted molar refractivity (Wildman–Crippen MR) is 94.2 cm³/mol. The summed E-state index contributed by atoms with van der Waals surface area (Å²) in [5, 5.41) is 5.40. The van der Waals surface area contributed by atoms with Crippen LogP contribution in [0.15, 0.2) is 30.3 Å². The highest BCUT2D eigenvalue weighted by molar-refractivity contribution is 5.94. The lowest BCUT2D eigenvalue weighted by Crippen LogP contribution is -3.16. The van der Waals surface area contributed by atoms with Crippen LogP contribution in [0.4, 0.5) is 0 Å². The Morgan fingerprint density at radius 1 is 1.16 bits per heavy atom. The van der Waals surface area contributed by atoms with Crippen molar-refractivity contribution in [3.05, 3.63) is 35.9 Å². The minimum atomic E-state index is -0.534. The van der Waals surface area contributed by atoms with Crippen LogP contribution in [0.25, 0.3) is 0 Å². The molecular weight excluding hydrogens is 320 g/mol. The SMILES string of the molecule is CCNC(=O)[C@H](C)NC(=O)C[NH+]1CCN(C(=O)c2ccccc2)CC1. The fourth-order valence-electron chi connectivity index (χ4n) is 2.88. The molecule has 3 amide bonds. The molecule has 0 aliphatic carbocycles. The Kier molecular flexibility index (Phi) is 6.94. The third-order valence-electron chi connectivity index (χ3n) is 4.31. The molecule has 1 aliphatic heterocycles. The number of hydrogen-bond acceptors (Lipinski definition) is 3. The van der Waals surface area contributed by atoms with E-state index >= 15 is 0 Å². The summed E-state index contributed by atoms with van der Waals surface area (Å²) >= 11 is 0. The van der Waals surface area contributed by atoms with Crippen LogP contribution < -0.4 is 15.5 Å². The quantitative estimate of drug-likeness (QED) is 0.596. The van der Waals surface area contributed by atoms with Crippen molar-refractivity contribution < 1.29 is 19.3 Å². The number of nitrogens with one attached hydrogen (secondary N) is 3. The standard InChI is InChI=1S/C18H26N4O3/c1-3-19-17(24)14(2)20-16(23)13-21-9-11-22(12-10-21)18(25)15-7-5-4-6-8-15/h4-8,14H,3,9-13H2,1-2H3,(H,19,24)(H,20,23)/p+1/t14-/m0/s1. The van der Waals surface area contributed by atoms with Crippen LogP contribution in [0.1, 0.15) is 24.2 Å². The zero-order chi connectivity index (χ0) is 18.2. The molecule has 1 aliphatic rings. The van der Waals surface area contributed by atoms with Crippen LogP contribution in [0, 0.1) is 0 Å². The minimum absolute atomic E-state index is 0.0361. The molecule has 1 saturated heterocycles. The summed E-state index contributed by atoms with van der Waals surface area (Å²) in [5.41, 5.74) is 0.694. The van der Waals surface area contributed by atoms with E-state index in [1.807, 2.05) is 42.2 Å². The maximum atomic E-state index is 12.4. The second-order valence-corrected chi connectivity index (χ2v) is 6.27. The number of likely N-dealkylation sites (N-methyl/N-ethyl adjacent to an activating group) is 1. The molecule has 136 valence electrons. The van der Waals surface area contributed by atoms with Crippen molar-refractivity contribution in [1.82, 2.24) is 15.5 Å². The van der Waals surface area contributed by atoms with E-state index in [1.54, 1.807) is 6.92 Å². The van der Waals surface area contributed by atoms with Crippen molar-refractivity contribution in [2.45, 2.75) is 19.9 Å². The molecule has 2 rings (SSSR count). The fraction of sp³-hybridized carbons (Fsp3) is 0.500. The van der Waals surface area contributed by atoms with E-state index in [4.69, 9.17) is 0 Å². The van der Waals surface area contributed by atoms with Crippen LogP contribution in [0.3, 0.4) is 0 Å². The van der Waals surface area contributed by atoms with Crippen molar-refractivity contribution in [2.24, 2.45) is 0 Å². The number of rotatable bonds is 6. The van der Waals surface area contributed by atoms with Crippen molar-refractivity contribution in [3.8, 4) is 0 Å². The van der Waals surface area contributed by atoms with Gasteiger partial charge in [-0.15, -0.1) is 0 Å². The summed E-state index contributed by atoms with van der Waals surface area (Å²) in [4.78, 5) is 39.1. The minimum Gasteiger partial charge on any atom is -0.355 e. The molecule has 1 atom stereocenters. The third-order valence-corrected chi connectivity index (χ3v) is 4.31. The van der Waals surface area contributed by atoms with Crippen molar-refractivity contribution >= 4 is 17.7 Å². The second-order valence-electron chi connectivity index (χ2n) is 6.27. The van der Waals surface area contributed by atoms with Gasteiger partial charge in [-0.25, -0.2) is 0 Å². The molecule has 1 aromatic rings. The number of carbonyl (C=O) groups excluding carboxylic acids is 3. The first kappa shape index (κ1) is 18.9. The van der Waals surface area contributed by atoms with Gasteiger partial charge in [0.2, 0.25) is 5.91 Å². The molecule has 0 bridgehead atoms. The van der Waals surface area contributed by atoms with Gasteiger partial charge >= 0.3 is 0 Å². The number of quaternary nitrogens is 1. The molecule has 0 unspecified atom stereocenters. The molecule has 0 saturated carbocycles. The largest absolute Gasteiger partial charge is 0.355 e. The van der Waals surface area contributed by atoms with Crippen LogP contribution in [0.5, 0.6) is 0 Å². The van der Waals surface area contributed by atoms with Gasteiger partial charge in [0.25, 0.3) is 11.8 Å². The van der Waals surface area contributed by atoms with Gasteiger partial charge < -0.3 is 20.4 Å². The summed E-state index contributed by atoms with van der Waals surface area (Å²) in [5.74, 6) is -0.283. The lowest BCUT2D eigenvalue weighted by molar-refractivity contribution is -0.896. The number of carbonyl (C=O) groups is 3. The van der Waals surface area contributed by atoms with Crippen molar-refractivity contribution in [1.29, 1.82) is 0 Å². The average Bonchev–Trinajstić information content (AvgIpc) is 2.62. The van der Waals surface area contributed by atoms with Gasteiger partial charge in [0.1, 0.15) is 6.04 Å². The van der Waals surface area contributed by atoms with Gasteiger partial charge in [-0.2, -0.15) is 0 Å². The first-order valence-electron chi connectivity index (χ1n) is 8.76. The summed E-state index contributed by atoms with van der Waals surface area (Å²) in [6.07, 6.45) is 0. The van der Waals surface area contributed by atoms with Gasteiger partial charge in [0.15, 0.2) is 6.54 Å². The highest BCUT2D eigenvalue weighted by atomic mass is 16.2. The number of piperazine rings is 1. The Morgan fingerprint density at radius 2 is 1.80 bits per heavy atom. The maximum Gasteiger partial charge on any atom is 0.275 e. The van der Waals surface area contributed by atoms with Crippen LogP contribution >= 0.6 is 0 Å². The monoisotopic (exact) mass is 347 g/mol. The number of amides is 3. The Bertz CT molecular complexity index is 598. The third kappa shape index (κ3) is 5.56. The molecule has 25 heavy (non-hydrogen) atoms. The Morgan fingerprint density at radius 3 is 2.40 bits per heavy atom. The molecule has 7 heteroatoms. The Hall–Kier alpha value is -2.41. The lowest BCUT2D eigenvalue weighted by atomic mass is 10.2. The highest BCUT2D eigenvalue weighted by Gasteiger charge is 2.26. The molecule has 1 aromatic carbocycles. The number of hydrogen-bond donors (Lipinski definition) is 3. The predicted octanol–water partition coefficient (Wildman–Crippen LogP) is -1.33. The van der Waals surface area contributed by atoms with Crippen LogP contribution in [0.2, 0.25) is 0 Å². The molecule has 0 radical (unpaired) electrons. The fourth-order valence-corrected chi connectivity index (χ4v) is 2.88. The summed E-state index contributed by atoms with van der Waals surface area (Å²) in [6, 6.07) is 8.70. The van der Waals surface area contributed by atoms with Crippen molar-refractivity contribution in [3.63, 3.8) is 0 Å². The van der Waals surface area contributed by atoms with E-state index < -0.39 is 6.04 Å². The Labute approximate surface area is 148 Å². The van der Waals surface area contributed by atoms with E-state index in [-0.39, 0.29) is 17.7 Å². The molecular formula is C18H27N4O3+. The first-order valence-corrected chi connectivity index (χ1v) is 8.76. The van der Waals surface area contributed by atoms with Crippen LogP contribution in [-0.2, 0) is 9.59 Å². The van der Waals surface area contributed by atoms with Gasteiger partial charge in [0.05, 0.1) is 26.2 Å². The van der Waals surface area contributed by atoms with E-state index in [9.17, 15) is 14.4 Å². The van der Waals surface area contributed by atoms with E-state index in [0.29, 0.717) is 31.7 Å². The van der Waals surface area contributed by atoms with Gasteiger partial charge in [0, 0.05) is 12.1 Å². The molecule has 3 N–H and O–H groups in total. The summed E-state index contributed by atoms with van der Waals surface area (Å²) < 4.78 is 0. The zero-order valence-electron chi connectivity index (χ0n) is 14.9. The second kappa shape index (κ2) is 9.17. The first-order chi connectivity index (χ1) is 12.0. The molecule has 1 heterocycles. The Balaban J connectivity index is 1.76. The summed E-state index contributed by atoms with van der Waals surface area (Å²) in [7, 11) is 0. The number of nitrogens with zero attached hydrogens (tertiary/aromatic N) is 1. The maximum absolute atomic E-state index is 12.4. The number of benzene rings is 1. The normalized spacial score (nSPS) is 16.2. The smallest absolute Gasteiger partial charge is 0.275 e. The lowest BCUT2D eigenvalue weighted by Gasteiger charge is -2.32. The molecule has 7 nitrogen and oxygen atoms in total. The van der Waals surface area contributed by atoms with E-state index in [2.05, 4.69) is 10.6 Å². The molecule has 0 aromatic heterocycles. The van der Waals surface area contributed by atoms with Gasteiger partial charge in [-0.05, 0) is 26.0 Å². The topological polar surface area (TPSA) is 82.9 Å². The van der Waals surface area contributed by atoms with Gasteiger partial charge in [-0.1, -0.05) is 18.2 Å². The summed E-state index contributed by atoms with van der Waals surface area (Å²) in [6.45, 7) is 7.08. The van der Waals surface area contributed by atoms with E-state index in [0.717, 1.165) is 18.0 Å². The highest BCUT2D eigenvalue weighted by Crippen LogP contribution is 2.04. The molecule has 1 fully saturated rings. The van der Waals surface area contributed by atoms with Gasteiger partial charge in [-0.3, -0.25) is 14.4 Å². The van der Waals surface area contributed by atoms with Crippen molar-refractivity contribution in [2.75, 3.05) is 39.3 Å².